The molecule has 0 aromatic heterocycles. The number of rotatable bonds is 11. The summed E-state index contributed by atoms with van der Waals surface area (Å²) in [6, 6.07) is 0. The number of cyclic esters (lactones) is 2. The molecule has 1 fully saturated rings. The molecule has 1 rings (SSSR count). The van der Waals surface area contributed by atoms with Gasteiger partial charge in [0.2, 0.25) is 5.91 Å². The van der Waals surface area contributed by atoms with Crippen molar-refractivity contribution in [2.45, 2.75) is 52.2 Å². The van der Waals surface area contributed by atoms with E-state index in [1.165, 1.54) is 6.92 Å². The molecule has 29 heavy (non-hydrogen) atoms. The van der Waals surface area contributed by atoms with Crippen LogP contribution in [0, 0.1) is 5.41 Å². The Kier molecular flexibility index (Phi) is 10.1. The molecule has 1 aliphatic rings. The summed E-state index contributed by atoms with van der Waals surface area (Å²) in [5.74, 6) is -0.824. The van der Waals surface area contributed by atoms with E-state index >= 15 is 0 Å². The van der Waals surface area contributed by atoms with Gasteiger partial charge in [0.05, 0.1) is 12.5 Å². The number of Topliss-reactive ketones (excluding diaryl/α,β-unsaturated/α-hetero) is 1. The molecule has 2 amide bonds. The predicted molar refractivity (Wildman–Crippen MR) is 104 cm³/mol. The van der Waals surface area contributed by atoms with Crippen LogP contribution in [0.1, 0.15) is 40.0 Å². The summed E-state index contributed by atoms with van der Waals surface area (Å²) in [5.41, 5.74) is -0.680. The number of ether oxygens (including phenoxy) is 2. The number of hydrogen-bond acceptors (Lipinski definition) is 9. The molecule has 1 heterocycles. The second kappa shape index (κ2) is 11.8. The molecule has 3 N–H and O–H groups in total. The summed E-state index contributed by atoms with van der Waals surface area (Å²) in [4.78, 5) is 58.2. The van der Waals surface area contributed by atoms with Crippen molar-refractivity contribution in [1.82, 2.24) is 10.6 Å². The molecule has 0 aromatic rings. The molecule has 0 spiro atoms. The van der Waals surface area contributed by atoms with Gasteiger partial charge in [-0.2, -0.15) is 0 Å². The number of carbonyl (C=O) groups is 5. The Labute approximate surface area is 173 Å². The fraction of sp³-hybridized carbons (Fsp3) is 0.722. The highest BCUT2D eigenvalue weighted by Crippen LogP contribution is 2.28. The molecule has 10 nitrogen and oxygen atoms in total. The zero-order valence-electron chi connectivity index (χ0n) is 16.8. The van der Waals surface area contributed by atoms with Crippen LogP contribution in [-0.2, 0) is 28.7 Å². The number of thioether (sulfide) groups is 1. The monoisotopic (exact) mass is 432 g/mol. The normalized spacial score (nSPS) is 18.8. The number of hydrogen-bond donors (Lipinski definition) is 3. The van der Waals surface area contributed by atoms with Crippen LogP contribution < -0.4 is 10.6 Å². The third-order valence-corrected chi connectivity index (χ3v) is 4.80. The third kappa shape index (κ3) is 9.75. The lowest BCUT2D eigenvalue weighted by atomic mass is 9.86. The summed E-state index contributed by atoms with van der Waals surface area (Å²) in [5, 5.41) is 13.9. The van der Waals surface area contributed by atoms with Crippen molar-refractivity contribution < 1.29 is 38.6 Å². The average molecular weight is 432 g/mol. The summed E-state index contributed by atoms with van der Waals surface area (Å²) in [6.45, 7) is 5.30. The van der Waals surface area contributed by atoms with Crippen molar-refractivity contribution in [3.05, 3.63) is 0 Å². The Morgan fingerprint density at radius 1 is 1.24 bits per heavy atom. The Balaban J connectivity index is 2.18. The maximum Gasteiger partial charge on any atom is 0.509 e. The number of amides is 2. The largest absolute Gasteiger partial charge is 0.509 e. The van der Waals surface area contributed by atoms with Gasteiger partial charge in [0.15, 0.2) is 11.2 Å². The van der Waals surface area contributed by atoms with Gasteiger partial charge < -0.3 is 25.2 Å². The second-order valence-corrected chi connectivity index (χ2v) is 8.56. The highest BCUT2D eigenvalue weighted by molar-refractivity contribution is 8.13. The molecule has 0 saturated carbocycles. The predicted octanol–water partition coefficient (Wildman–Crippen LogP) is 0.160. The highest BCUT2D eigenvalue weighted by atomic mass is 32.2. The number of carbonyl (C=O) groups excluding carboxylic acids is 5. The van der Waals surface area contributed by atoms with Gasteiger partial charge in [-0.1, -0.05) is 25.6 Å². The van der Waals surface area contributed by atoms with E-state index in [0.717, 1.165) is 11.8 Å². The maximum absolute atomic E-state index is 12.2. The number of ketones is 1. The zero-order valence-corrected chi connectivity index (χ0v) is 17.6. The molecule has 11 heteroatoms. The maximum atomic E-state index is 12.2. The van der Waals surface area contributed by atoms with E-state index in [0.29, 0.717) is 5.75 Å². The van der Waals surface area contributed by atoms with E-state index in [2.05, 4.69) is 10.6 Å². The first-order valence-corrected chi connectivity index (χ1v) is 10.2. The van der Waals surface area contributed by atoms with Crippen molar-refractivity contribution in [3.63, 3.8) is 0 Å². The minimum absolute atomic E-state index is 0.0226. The quantitative estimate of drug-likeness (QED) is 0.236. The van der Waals surface area contributed by atoms with Crippen LogP contribution in [0.2, 0.25) is 0 Å². The molecule has 0 radical (unpaired) electrons. The van der Waals surface area contributed by atoms with E-state index in [9.17, 15) is 24.0 Å². The minimum atomic E-state index is -0.995. The molecule has 0 bridgehead atoms. The van der Waals surface area contributed by atoms with Crippen LogP contribution in [0.3, 0.4) is 0 Å². The van der Waals surface area contributed by atoms with Crippen molar-refractivity contribution in [2.75, 3.05) is 25.4 Å². The Hall–Kier alpha value is -2.14. The van der Waals surface area contributed by atoms with Gasteiger partial charge in [0, 0.05) is 37.1 Å². The lowest BCUT2D eigenvalue weighted by Gasteiger charge is -2.35. The second-order valence-electron chi connectivity index (χ2n) is 7.41. The number of nitrogens with one attached hydrogen (secondary N) is 2. The lowest BCUT2D eigenvalue weighted by Crippen LogP contribution is -2.52. The average Bonchev–Trinajstić information content (AvgIpc) is 2.60. The topological polar surface area (TPSA) is 148 Å². The van der Waals surface area contributed by atoms with E-state index in [1.54, 1.807) is 13.8 Å². The first-order valence-electron chi connectivity index (χ1n) is 9.24. The molecular formula is C18H28N2O8S. The van der Waals surface area contributed by atoms with E-state index in [-0.39, 0.29) is 55.8 Å². The number of aliphatic hydroxyl groups excluding tert-OH is 1. The van der Waals surface area contributed by atoms with E-state index < -0.39 is 29.7 Å². The molecule has 2 atom stereocenters. The fourth-order valence-electron chi connectivity index (χ4n) is 2.47. The minimum Gasteiger partial charge on any atom is -0.434 e. The van der Waals surface area contributed by atoms with Gasteiger partial charge in [-0.25, -0.2) is 4.79 Å². The van der Waals surface area contributed by atoms with E-state index in [1.807, 2.05) is 0 Å². The standard InChI is InChI=1S/C18H28N2O8S/c1-11(21)8-12(22)9-14(24)29-7-6-19-13(23)4-5-20-16(25)15-18(2,3)10-27-17(26)28-15/h11,15,21H,4-10H2,1-3H3,(H,19,23)(H,20,25)/t11-,15+/m1/s1. The first kappa shape index (κ1) is 24.9. The molecule has 0 aromatic carbocycles. The molecule has 1 aliphatic heterocycles. The Morgan fingerprint density at radius 2 is 1.93 bits per heavy atom. The molecular weight excluding hydrogens is 404 g/mol. The molecule has 1 saturated heterocycles. The van der Waals surface area contributed by atoms with Crippen molar-refractivity contribution >= 4 is 40.6 Å². The summed E-state index contributed by atoms with van der Waals surface area (Å²) in [7, 11) is 0. The smallest absolute Gasteiger partial charge is 0.434 e. The van der Waals surface area contributed by atoms with E-state index in [4.69, 9.17) is 14.6 Å². The fourth-order valence-corrected chi connectivity index (χ4v) is 3.16. The zero-order chi connectivity index (χ0) is 22.0. The van der Waals surface area contributed by atoms with Gasteiger partial charge in [-0.3, -0.25) is 19.2 Å². The van der Waals surface area contributed by atoms with Gasteiger partial charge in [0.1, 0.15) is 12.4 Å². The van der Waals surface area contributed by atoms with Gasteiger partial charge in [-0.05, 0) is 6.92 Å². The number of aliphatic hydroxyl groups is 1. The van der Waals surface area contributed by atoms with Crippen LogP contribution in [0.5, 0.6) is 0 Å². The Bertz CT molecular complexity index is 635. The first-order chi connectivity index (χ1) is 13.5. The van der Waals surface area contributed by atoms with Gasteiger partial charge in [-0.15, -0.1) is 0 Å². The van der Waals surface area contributed by atoms with Crippen LogP contribution in [-0.4, -0.2) is 71.6 Å². The summed E-state index contributed by atoms with van der Waals surface area (Å²) >= 11 is 0.935. The SMILES string of the molecule is C[C@@H](O)CC(=O)CC(=O)SCCNC(=O)CCNC(=O)[C@@H]1OC(=O)OCC1(C)C. The van der Waals surface area contributed by atoms with Gasteiger partial charge in [0.25, 0.3) is 5.91 Å². The highest BCUT2D eigenvalue weighted by Gasteiger charge is 2.43. The van der Waals surface area contributed by atoms with Crippen LogP contribution in [0.15, 0.2) is 0 Å². The van der Waals surface area contributed by atoms with Crippen molar-refractivity contribution in [2.24, 2.45) is 5.41 Å². The van der Waals surface area contributed by atoms with Crippen LogP contribution in [0.25, 0.3) is 0 Å². The van der Waals surface area contributed by atoms with Crippen LogP contribution in [0.4, 0.5) is 4.79 Å². The third-order valence-electron chi connectivity index (χ3n) is 3.93. The van der Waals surface area contributed by atoms with Crippen molar-refractivity contribution in [3.8, 4) is 0 Å². The lowest BCUT2D eigenvalue weighted by molar-refractivity contribution is -0.149. The molecule has 164 valence electrons. The summed E-state index contributed by atoms with van der Waals surface area (Å²) in [6.07, 6.45) is -2.95. The Morgan fingerprint density at radius 3 is 2.59 bits per heavy atom. The van der Waals surface area contributed by atoms with Crippen molar-refractivity contribution in [1.29, 1.82) is 0 Å². The van der Waals surface area contributed by atoms with Crippen LogP contribution >= 0.6 is 11.8 Å². The van der Waals surface area contributed by atoms with Gasteiger partial charge >= 0.3 is 6.16 Å². The summed E-state index contributed by atoms with van der Waals surface area (Å²) < 4.78 is 9.69. The molecule has 0 aliphatic carbocycles. The molecule has 0 unspecified atom stereocenters.